The lowest BCUT2D eigenvalue weighted by atomic mass is 9.92. The molecule has 1 heterocycles. The average molecular weight is 288 g/mol. The van der Waals surface area contributed by atoms with E-state index >= 15 is 0 Å². The maximum atomic E-state index is 5.51. The average Bonchev–Trinajstić information content (AvgIpc) is 3.17. The number of hydrogen-bond acceptors (Lipinski definition) is 3. The van der Waals surface area contributed by atoms with Crippen LogP contribution in [-0.4, -0.2) is 25.7 Å². The predicted molar refractivity (Wildman–Crippen MR) is 86.7 cm³/mol. The SMILES string of the molecule is COc1ccccc1[C@@H](C)NC1CCCC1C1CCCN1. The molecule has 3 nitrogen and oxygen atoms in total. The van der Waals surface area contributed by atoms with Gasteiger partial charge in [0.2, 0.25) is 0 Å². The Morgan fingerprint density at radius 1 is 1.19 bits per heavy atom. The van der Waals surface area contributed by atoms with Crippen molar-refractivity contribution in [2.45, 2.75) is 57.2 Å². The van der Waals surface area contributed by atoms with Crippen LogP contribution in [0.15, 0.2) is 24.3 Å². The molecule has 4 atom stereocenters. The summed E-state index contributed by atoms with van der Waals surface area (Å²) in [6.45, 7) is 3.46. The van der Waals surface area contributed by atoms with Crippen LogP contribution >= 0.6 is 0 Å². The van der Waals surface area contributed by atoms with E-state index in [1.165, 1.54) is 44.2 Å². The molecule has 1 aliphatic heterocycles. The van der Waals surface area contributed by atoms with Crippen LogP contribution < -0.4 is 15.4 Å². The lowest BCUT2D eigenvalue weighted by molar-refractivity contribution is 0.300. The number of ether oxygens (including phenoxy) is 1. The van der Waals surface area contributed by atoms with Crippen molar-refractivity contribution in [1.82, 2.24) is 10.6 Å². The van der Waals surface area contributed by atoms with Crippen LogP contribution in [0.5, 0.6) is 5.75 Å². The van der Waals surface area contributed by atoms with Gasteiger partial charge in [0.1, 0.15) is 5.75 Å². The predicted octanol–water partition coefficient (Wildman–Crippen LogP) is 3.27. The van der Waals surface area contributed by atoms with Crippen molar-refractivity contribution in [3.8, 4) is 5.75 Å². The van der Waals surface area contributed by atoms with E-state index in [0.717, 1.165) is 17.7 Å². The highest BCUT2D eigenvalue weighted by Gasteiger charge is 2.35. The van der Waals surface area contributed by atoms with E-state index in [9.17, 15) is 0 Å². The van der Waals surface area contributed by atoms with Gasteiger partial charge in [-0.25, -0.2) is 0 Å². The van der Waals surface area contributed by atoms with Crippen LogP contribution in [0, 0.1) is 5.92 Å². The summed E-state index contributed by atoms with van der Waals surface area (Å²) in [7, 11) is 1.76. The Hall–Kier alpha value is -1.06. The maximum absolute atomic E-state index is 5.51. The Kier molecular flexibility index (Phi) is 4.81. The normalized spacial score (nSPS) is 30.5. The summed E-state index contributed by atoms with van der Waals surface area (Å²) in [4.78, 5) is 0. The lowest BCUT2D eigenvalue weighted by Crippen LogP contribution is -2.43. The summed E-state index contributed by atoms with van der Waals surface area (Å²) < 4.78 is 5.51. The molecule has 2 N–H and O–H groups in total. The lowest BCUT2D eigenvalue weighted by Gasteiger charge is -2.30. The van der Waals surface area contributed by atoms with E-state index in [-0.39, 0.29) is 0 Å². The Morgan fingerprint density at radius 2 is 2.05 bits per heavy atom. The number of rotatable bonds is 5. The molecule has 0 aromatic heterocycles. The number of para-hydroxylation sites is 1. The third-order valence-corrected chi connectivity index (χ3v) is 5.25. The van der Waals surface area contributed by atoms with Crippen LogP contribution in [0.25, 0.3) is 0 Å². The van der Waals surface area contributed by atoms with Gasteiger partial charge >= 0.3 is 0 Å². The van der Waals surface area contributed by atoms with Gasteiger partial charge in [-0.05, 0) is 51.1 Å². The second-order valence-electron chi connectivity index (χ2n) is 6.53. The van der Waals surface area contributed by atoms with Crippen molar-refractivity contribution in [2.24, 2.45) is 5.92 Å². The standard InChI is InChI=1S/C18H28N2O/c1-13(14-7-3-4-11-18(14)21-2)20-17-9-5-8-15(17)16-10-6-12-19-16/h3-4,7,11,13,15-17,19-20H,5-6,8-10,12H2,1-2H3/t13-,15?,16?,17?/m1/s1. The molecule has 1 saturated heterocycles. The fourth-order valence-corrected chi connectivity index (χ4v) is 4.19. The molecule has 2 aliphatic rings. The summed E-state index contributed by atoms with van der Waals surface area (Å²) in [5.41, 5.74) is 1.27. The van der Waals surface area contributed by atoms with E-state index in [2.05, 4.69) is 35.8 Å². The Balaban J connectivity index is 1.67. The minimum absolute atomic E-state index is 0.341. The van der Waals surface area contributed by atoms with E-state index in [0.29, 0.717) is 12.1 Å². The van der Waals surface area contributed by atoms with Gasteiger partial charge in [-0.2, -0.15) is 0 Å². The Bertz CT molecular complexity index is 456. The molecule has 21 heavy (non-hydrogen) atoms. The second kappa shape index (κ2) is 6.80. The summed E-state index contributed by atoms with van der Waals surface area (Å²) in [5, 5.41) is 7.58. The van der Waals surface area contributed by atoms with Gasteiger partial charge in [0.05, 0.1) is 7.11 Å². The topological polar surface area (TPSA) is 33.3 Å². The van der Waals surface area contributed by atoms with Gasteiger partial charge in [-0.3, -0.25) is 0 Å². The molecule has 1 saturated carbocycles. The van der Waals surface area contributed by atoms with Crippen molar-refractivity contribution >= 4 is 0 Å². The van der Waals surface area contributed by atoms with Crippen LogP contribution in [0.3, 0.4) is 0 Å². The fourth-order valence-electron chi connectivity index (χ4n) is 4.19. The molecule has 0 spiro atoms. The van der Waals surface area contributed by atoms with Gasteiger partial charge in [0, 0.05) is 23.7 Å². The summed E-state index contributed by atoms with van der Waals surface area (Å²) in [6, 6.07) is 10.1. The first-order valence-electron chi connectivity index (χ1n) is 8.42. The first-order valence-corrected chi connectivity index (χ1v) is 8.42. The molecule has 0 amide bonds. The van der Waals surface area contributed by atoms with Crippen LogP contribution in [-0.2, 0) is 0 Å². The number of nitrogens with one attached hydrogen (secondary N) is 2. The first kappa shape index (κ1) is 14.9. The van der Waals surface area contributed by atoms with Crippen LogP contribution in [0.1, 0.15) is 50.6 Å². The van der Waals surface area contributed by atoms with Crippen molar-refractivity contribution in [1.29, 1.82) is 0 Å². The smallest absolute Gasteiger partial charge is 0.123 e. The molecule has 3 rings (SSSR count). The van der Waals surface area contributed by atoms with Crippen molar-refractivity contribution in [3.63, 3.8) is 0 Å². The number of methoxy groups -OCH3 is 1. The Labute approximate surface area is 128 Å². The molecule has 1 aromatic carbocycles. The molecule has 3 heteroatoms. The summed E-state index contributed by atoms with van der Waals surface area (Å²) >= 11 is 0. The van der Waals surface area contributed by atoms with E-state index < -0.39 is 0 Å². The molecule has 1 aromatic rings. The van der Waals surface area contributed by atoms with Crippen molar-refractivity contribution in [3.05, 3.63) is 29.8 Å². The monoisotopic (exact) mass is 288 g/mol. The third-order valence-electron chi connectivity index (χ3n) is 5.25. The number of hydrogen-bond donors (Lipinski definition) is 2. The van der Waals surface area contributed by atoms with Gasteiger partial charge in [0.15, 0.2) is 0 Å². The molecule has 116 valence electrons. The van der Waals surface area contributed by atoms with Crippen molar-refractivity contribution < 1.29 is 4.74 Å². The second-order valence-corrected chi connectivity index (χ2v) is 6.53. The molecular formula is C18H28N2O. The van der Waals surface area contributed by atoms with E-state index in [1.54, 1.807) is 7.11 Å². The highest BCUT2D eigenvalue weighted by atomic mass is 16.5. The third kappa shape index (κ3) is 3.24. The highest BCUT2D eigenvalue weighted by Crippen LogP contribution is 2.34. The first-order chi connectivity index (χ1) is 10.3. The quantitative estimate of drug-likeness (QED) is 0.872. The summed E-state index contributed by atoms with van der Waals surface area (Å²) in [5.74, 6) is 1.79. The van der Waals surface area contributed by atoms with E-state index in [4.69, 9.17) is 4.74 Å². The Morgan fingerprint density at radius 3 is 2.81 bits per heavy atom. The number of benzene rings is 1. The van der Waals surface area contributed by atoms with Gasteiger partial charge in [-0.15, -0.1) is 0 Å². The minimum Gasteiger partial charge on any atom is -0.496 e. The van der Waals surface area contributed by atoms with Gasteiger partial charge in [0.25, 0.3) is 0 Å². The zero-order valence-corrected chi connectivity index (χ0v) is 13.3. The molecule has 0 bridgehead atoms. The van der Waals surface area contributed by atoms with Crippen molar-refractivity contribution in [2.75, 3.05) is 13.7 Å². The van der Waals surface area contributed by atoms with Crippen LogP contribution in [0.2, 0.25) is 0 Å². The minimum atomic E-state index is 0.341. The largest absolute Gasteiger partial charge is 0.496 e. The molecule has 1 aliphatic carbocycles. The van der Waals surface area contributed by atoms with Gasteiger partial charge < -0.3 is 15.4 Å². The zero-order valence-electron chi connectivity index (χ0n) is 13.3. The maximum Gasteiger partial charge on any atom is 0.123 e. The molecule has 2 fully saturated rings. The zero-order chi connectivity index (χ0) is 14.7. The van der Waals surface area contributed by atoms with E-state index in [1.807, 2.05) is 6.07 Å². The molecule has 3 unspecified atom stereocenters. The molecule has 0 radical (unpaired) electrons. The summed E-state index contributed by atoms with van der Waals surface area (Å²) in [6.07, 6.45) is 6.73. The van der Waals surface area contributed by atoms with Crippen LogP contribution in [0.4, 0.5) is 0 Å². The fraction of sp³-hybridized carbons (Fsp3) is 0.667. The molecular weight excluding hydrogens is 260 g/mol. The highest BCUT2D eigenvalue weighted by molar-refractivity contribution is 5.35. The van der Waals surface area contributed by atoms with Gasteiger partial charge in [-0.1, -0.05) is 24.6 Å².